The van der Waals surface area contributed by atoms with Crippen molar-refractivity contribution >= 4 is 11.6 Å². The Hall–Kier alpha value is -0.970. The van der Waals surface area contributed by atoms with Crippen molar-refractivity contribution < 1.29 is 13.2 Å². The third-order valence-corrected chi connectivity index (χ3v) is 1.77. The van der Waals surface area contributed by atoms with E-state index in [0.29, 0.717) is 6.07 Å². The second kappa shape index (κ2) is 3.83. The molecule has 0 unspecified atom stereocenters. The highest BCUT2D eigenvalue weighted by atomic mass is 35.5. The maximum absolute atomic E-state index is 12.5. The van der Waals surface area contributed by atoms with Crippen LogP contribution < -0.4 is 5.56 Å². The lowest BCUT2D eigenvalue weighted by molar-refractivity contribution is 0.149. The second-order valence-electron chi connectivity index (χ2n) is 2.31. The van der Waals surface area contributed by atoms with Gasteiger partial charge in [0.25, 0.3) is 12.0 Å². The van der Waals surface area contributed by atoms with E-state index >= 15 is 0 Å². The number of halogens is 4. The fraction of sp³-hybridized carbons (Fsp3) is 0.286. The van der Waals surface area contributed by atoms with Crippen molar-refractivity contribution in [1.82, 2.24) is 4.98 Å². The van der Waals surface area contributed by atoms with Crippen molar-refractivity contribution in [3.63, 3.8) is 0 Å². The topological polar surface area (TPSA) is 32.9 Å². The molecule has 0 spiro atoms. The summed E-state index contributed by atoms with van der Waals surface area (Å²) < 4.78 is 36.9. The third kappa shape index (κ3) is 2.03. The highest BCUT2D eigenvalue weighted by Crippen LogP contribution is 2.21. The zero-order valence-corrected chi connectivity index (χ0v) is 7.04. The molecule has 0 atom stereocenters. The van der Waals surface area contributed by atoms with E-state index in [4.69, 9.17) is 11.6 Å². The molecule has 0 amide bonds. The molecule has 0 aliphatic rings. The van der Waals surface area contributed by atoms with Crippen LogP contribution in [-0.4, -0.2) is 4.98 Å². The number of hydrogen-bond donors (Lipinski definition) is 1. The second-order valence-corrected chi connectivity index (χ2v) is 2.58. The largest absolute Gasteiger partial charge is 0.299 e. The van der Waals surface area contributed by atoms with E-state index in [9.17, 15) is 18.0 Å². The molecule has 0 aromatic carbocycles. The zero-order valence-electron chi connectivity index (χ0n) is 6.28. The fourth-order valence-corrected chi connectivity index (χ4v) is 1.18. The van der Waals surface area contributed by atoms with Crippen molar-refractivity contribution in [1.29, 1.82) is 0 Å². The molecule has 1 aromatic rings. The lowest BCUT2D eigenvalue weighted by atomic mass is 10.1. The van der Waals surface area contributed by atoms with Crippen LogP contribution in [-0.2, 0) is 5.88 Å². The van der Waals surface area contributed by atoms with E-state index in [1.165, 1.54) is 0 Å². The third-order valence-electron chi connectivity index (χ3n) is 1.51. The number of hydrogen-bond acceptors (Lipinski definition) is 1. The van der Waals surface area contributed by atoms with Crippen LogP contribution in [0, 0.1) is 5.95 Å². The van der Waals surface area contributed by atoms with E-state index in [1.54, 1.807) is 4.98 Å². The molecule has 1 aromatic heterocycles. The molecule has 13 heavy (non-hydrogen) atoms. The normalized spacial score (nSPS) is 10.8. The van der Waals surface area contributed by atoms with Crippen LogP contribution in [0.15, 0.2) is 10.9 Å². The number of nitrogens with one attached hydrogen (secondary N) is 1. The summed E-state index contributed by atoms with van der Waals surface area (Å²) in [6.07, 6.45) is -2.90. The van der Waals surface area contributed by atoms with Gasteiger partial charge in [0.15, 0.2) is 5.95 Å². The minimum atomic E-state index is -2.90. The number of pyridine rings is 1. The zero-order chi connectivity index (χ0) is 10.0. The van der Waals surface area contributed by atoms with Gasteiger partial charge in [0.1, 0.15) is 0 Å². The molecule has 1 N–H and O–H groups in total. The van der Waals surface area contributed by atoms with Crippen LogP contribution in [0.3, 0.4) is 0 Å². The molecule has 1 rings (SSSR count). The molecule has 0 saturated carbocycles. The Morgan fingerprint density at radius 2 is 2.15 bits per heavy atom. The van der Waals surface area contributed by atoms with E-state index in [-0.39, 0.29) is 11.4 Å². The predicted molar refractivity (Wildman–Crippen MR) is 41.5 cm³/mol. The molecule has 72 valence electrons. The first kappa shape index (κ1) is 10.1. The van der Waals surface area contributed by atoms with Crippen molar-refractivity contribution in [2.24, 2.45) is 0 Å². The van der Waals surface area contributed by atoms with Crippen molar-refractivity contribution in [3.8, 4) is 0 Å². The average molecular weight is 212 g/mol. The highest BCUT2D eigenvalue weighted by molar-refractivity contribution is 6.17. The van der Waals surface area contributed by atoms with Gasteiger partial charge in [-0.25, -0.2) is 8.78 Å². The number of aromatic nitrogens is 1. The average Bonchev–Trinajstić information content (AvgIpc) is 2.02. The summed E-state index contributed by atoms with van der Waals surface area (Å²) in [5.41, 5.74) is -1.86. The lowest BCUT2D eigenvalue weighted by Crippen LogP contribution is -2.16. The van der Waals surface area contributed by atoms with E-state index < -0.39 is 23.5 Å². The van der Waals surface area contributed by atoms with Crippen molar-refractivity contribution in [2.75, 3.05) is 0 Å². The summed E-state index contributed by atoms with van der Waals surface area (Å²) >= 11 is 5.26. The first-order valence-electron chi connectivity index (χ1n) is 3.32. The number of aromatic amines is 1. The first-order chi connectivity index (χ1) is 6.06. The van der Waals surface area contributed by atoms with Crippen LogP contribution in [0.4, 0.5) is 13.2 Å². The van der Waals surface area contributed by atoms with Crippen molar-refractivity contribution in [2.45, 2.75) is 12.3 Å². The number of rotatable bonds is 2. The molecule has 0 fully saturated rings. The summed E-state index contributed by atoms with van der Waals surface area (Å²) in [5.74, 6) is -1.45. The molecule has 0 saturated heterocycles. The molecular formula is C7H5ClF3NO. The smallest absolute Gasteiger partial charge is 0.264 e. The van der Waals surface area contributed by atoms with Gasteiger partial charge in [0.2, 0.25) is 0 Å². The maximum atomic E-state index is 12.5. The predicted octanol–water partition coefficient (Wildman–Crippen LogP) is 2.19. The van der Waals surface area contributed by atoms with Gasteiger partial charge in [0, 0.05) is 17.2 Å². The summed E-state index contributed by atoms with van der Waals surface area (Å²) in [4.78, 5) is 12.6. The molecule has 1 heterocycles. The van der Waals surface area contributed by atoms with Gasteiger partial charge < -0.3 is 0 Å². The van der Waals surface area contributed by atoms with Crippen LogP contribution in [0.5, 0.6) is 0 Å². The van der Waals surface area contributed by atoms with Gasteiger partial charge in [-0.15, -0.1) is 11.6 Å². The SMILES string of the molecule is O=c1[nH]c(F)cc(C(F)F)c1CCl. The van der Waals surface area contributed by atoms with E-state index in [0.717, 1.165) is 0 Å². The maximum Gasteiger partial charge on any atom is 0.264 e. The Kier molecular flexibility index (Phi) is 2.98. The molecule has 2 nitrogen and oxygen atoms in total. The molecule has 0 radical (unpaired) electrons. The van der Waals surface area contributed by atoms with E-state index in [2.05, 4.69) is 0 Å². The minimum Gasteiger partial charge on any atom is -0.299 e. The fourth-order valence-electron chi connectivity index (χ4n) is 0.907. The van der Waals surface area contributed by atoms with Gasteiger partial charge in [-0.2, -0.15) is 4.39 Å². The standard InChI is InChI=1S/C7H5ClF3NO/c8-2-4-3(6(10)11)1-5(9)12-7(4)13/h1,6H,2H2,(H,12,13). The highest BCUT2D eigenvalue weighted by Gasteiger charge is 2.16. The summed E-state index contributed by atoms with van der Waals surface area (Å²) in [7, 11) is 0. The molecule has 0 aliphatic heterocycles. The lowest BCUT2D eigenvalue weighted by Gasteiger charge is -2.04. The Morgan fingerprint density at radius 1 is 1.54 bits per heavy atom. The van der Waals surface area contributed by atoms with Crippen LogP contribution in [0.25, 0.3) is 0 Å². The minimum absolute atomic E-state index is 0.293. The first-order valence-corrected chi connectivity index (χ1v) is 3.85. The molecule has 6 heteroatoms. The molecule has 0 aliphatic carbocycles. The van der Waals surface area contributed by atoms with Crippen LogP contribution in [0.2, 0.25) is 0 Å². The Labute approximate surface area is 76.3 Å². The summed E-state index contributed by atoms with van der Waals surface area (Å²) in [6, 6.07) is 0.573. The van der Waals surface area contributed by atoms with Crippen LogP contribution >= 0.6 is 11.6 Å². The molecule has 0 bridgehead atoms. The monoisotopic (exact) mass is 211 g/mol. The number of H-pyrrole nitrogens is 1. The van der Waals surface area contributed by atoms with Gasteiger partial charge in [-0.1, -0.05) is 0 Å². The van der Waals surface area contributed by atoms with Gasteiger partial charge in [-0.05, 0) is 0 Å². The Morgan fingerprint density at radius 3 is 2.62 bits per heavy atom. The van der Waals surface area contributed by atoms with Crippen molar-refractivity contribution in [3.05, 3.63) is 33.5 Å². The quantitative estimate of drug-likeness (QED) is 0.590. The summed E-state index contributed by atoms with van der Waals surface area (Å²) in [6.45, 7) is 0. The molecular weight excluding hydrogens is 207 g/mol. The van der Waals surface area contributed by atoms with Gasteiger partial charge in [-0.3, -0.25) is 9.78 Å². The van der Waals surface area contributed by atoms with E-state index in [1.807, 2.05) is 0 Å². The van der Waals surface area contributed by atoms with Crippen LogP contribution in [0.1, 0.15) is 17.6 Å². The van der Waals surface area contributed by atoms with Gasteiger partial charge in [0.05, 0.1) is 5.88 Å². The number of alkyl halides is 3. The Balaban J connectivity index is 3.38. The van der Waals surface area contributed by atoms with Gasteiger partial charge >= 0.3 is 0 Å². The Bertz CT molecular complexity index is 363. The summed E-state index contributed by atoms with van der Waals surface area (Å²) in [5, 5.41) is 0.